The molecule has 1 aliphatic rings. The number of morpholine rings is 1. The van der Waals surface area contributed by atoms with Gasteiger partial charge in [0.05, 0.1) is 25.9 Å². The van der Waals surface area contributed by atoms with Crippen molar-refractivity contribution in [3.8, 4) is 5.75 Å². The van der Waals surface area contributed by atoms with Gasteiger partial charge >= 0.3 is 0 Å². The number of rotatable bonds is 3. The minimum absolute atomic E-state index is 0.221. The summed E-state index contributed by atoms with van der Waals surface area (Å²) in [6.45, 7) is 2.59. The quantitative estimate of drug-likeness (QED) is 0.753. The number of hydrogen-bond acceptors (Lipinski definition) is 5. The van der Waals surface area contributed by atoms with Crippen molar-refractivity contribution < 1.29 is 14.3 Å². The molecule has 1 aromatic carbocycles. The number of nitrogens with two attached hydrogens (primary N) is 1. The average molecular weight is 251 g/mol. The SMILES string of the molecule is COc1ccc(N)cc1C(=O)NN1CCOCC1. The Bertz CT molecular complexity index is 431. The van der Waals surface area contributed by atoms with Crippen molar-refractivity contribution in [3.63, 3.8) is 0 Å². The maximum absolute atomic E-state index is 12.1. The number of nitrogens with zero attached hydrogens (tertiary/aromatic N) is 1. The Hall–Kier alpha value is -1.79. The van der Waals surface area contributed by atoms with Crippen LogP contribution in [0, 0.1) is 0 Å². The molecule has 98 valence electrons. The Balaban J connectivity index is 2.09. The number of benzene rings is 1. The molecule has 1 fully saturated rings. The number of carbonyl (C=O) groups excluding carboxylic acids is 1. The van der Waals surface area contributed by atoms with E-state index < -0.39 is 0 Å². The van der Waals surface area contributed by atoms with E-state index in [1.807, 2.05) is 5.01 Å². The number of ether oxygens (including phenoxy) is 2. The lowest BCUT2D eigenvalue weighted by atomic mass is 10.1. The van der Waals surface area contributed by atoms with Crippen LogP contribution in [0.4, 0.5) is 5.69 Å². The highest BCUT2D eigenvalue weighted by atomic mass is 16.5. The minimum atomic E-state index is -0.221. The van der Waals surface area contributed by atoms with Gasteiger partial charge in [0.25, 0.3) is 5.91 Å². The van der Waals surface area contributed by atoms with Crippen LogP contribution in [0.25, 0.3) is 0 Å². The van der Waals surface area contributed by atoms with Crippen molar-refractivity contribution in [2.75, 3.05) is 39.1 Å². The summed E-state index contributed by atoms with van der Waals surface area (Å²) in [5.41, 5.74) is 9.46. The van der Waals surface area contributed by atoms with E-state index in [1.54, 1.807) is 18.2 Å². The summed E-state index contributed by atoms with van der Waals surface area (Å²) >= 11 is 0. The summed E-state index contributed by atoms with van der Waals surface area (Å²) in [4.78, 5) is 12.1. The topological polar surface area (TPSA) is 76.8 Å². The smallest absolute Gasteiger partial charge is 0.269 e. The van der Waals surface area contributed by atoms with Gasteiger partial charge in [0.15, 0.2) is 0 Å². The molecule has 6 nitrogen and oxygen atoms in total. The molecule has 1 aliphatic heterocycles. The molecular weight excluding hydrogens is 234 g/mol. The molecule has 1 heterocycles. The molecule has 0 aromatic heterocycles. The zero-order chi connectivity index (χ0) is 13.0. The van der Waals surface area contributed by atoms with Crippen LogP contribution < -0.4 is 15.9 Å². The van der Waals surface area contributed by atoms with Crippen molar-refractivity contribution in [1.29, 1.82) is 0 Å². The van der Waals surface area contributed by atoms with Crippen LogP contribution in [0.15, 0.2) is 18.2 Å². The highest BCUT2D eigenvalue weighted by Gasteiger charge is 2.17. The van der Waals surface area contributed by atoms with Crippen LogP contribution in [-0.2, 0) is 4.74 Å². The Kier molecular flexibility index (Phi) is 4.01. The minimum Gasteiger partial charge on any atom is -0.496 e. The summed E-state index contributed by atoms with van der Waals surface area (Å²) in [6, 6.07) is 4.99. The number of amides is 1. The van der Waals surface area contributed by atoms with Gasteiger partial charge < -0.3 is 15.2 Å². The predicted molar refractivity (Wildman–Crippen MR) is 67.3 cm³/mol. The van der Waals surface area contributed by atoms with Gasteiger partial charge in [0, 0.05) is 18.8 Å². The van der Waals surface area contributed by atoms with E-state index in [1.165, 1.54) is 7.11 Å². The summed E-state index contributed by atoms with van der Waals surface area (Å²) in [7, 11) is 1.52. The normalized spacial score (nSPS) is 16.3. The van der Waals surface area contributed by atoms with E-state index >= 15 is 0 Å². The Morgan fingerprint density at radius 3 is 2.83 bits per heavy atom. The molecule has 2 rings (SSSR count). The second-order valence-corrected chi connectivity index (χ2v) is 4.00. The number of hydrazine groups is 1. The number of methoxy groups -OCH3 is 1. The highest BCUT2D eigenvalue weighted by Crippen LogP contribution is 2.20. The van der Waals surface area contributed by atoms with E-state index in [0.29, 0.717) is 43.3 Å². The molecule has 0 spiro atoms. The molecule has 1 amide bonds. The van der Waals surface area contributed by atoms with Crippen molar-refractivity contribution in [2.45, 2.75) is 0 Å². The highest BCUT2D eigenvalue weighted by molar-refractivity contribution is 5.97. The third-order valence-electron chi connectivity index (χ3n) is 2.74. The first kappa shape index (κ1) is 12.7. The Morgan fingerprint density at radius 2 is 2.17 bits per heavy atom. The predicted octanol–water partition coefficient (Wildman–Crippen LogP) is 0.254. The summed E-state index contributed by atoms with van der Waals surface area (Å²) in [5.74, 6) is 0.288. The molecular formula is C12H17N3O3. The van der Waals surface area contributed by atoms with Gasteiger partial charge in [0.2, 0.25) is 0 Å². The van der Waals surface area contributed by atoms with E-state index in [4.69, 9.17) is 15.2 Å². The Morgan fingerprint density at radius 1 is 1.44 bits per heavy atom. The van der Waals surface area contributed by atoms with Crippen LogP contribution in [0.3, 0.4) is 0 Å². The molecule has 6 heteroatoms. The molecule has 0 radical (unpaired) electrons. The van der Waals surface area contributed by atoms with Gasteiger partial charge in [-0.3, -0.25) is 10.2 Å². The Labute approximate surface area is 106 Å². The van der Waals surface area contributed by atoms with E-state index in [-0.39, 0.29) is 5.91 Å². The van der Waals surface area contributed by atoms with Crippen LogP contribution in [0.2, 0.25) is 0 Å². The fourth-order valence-corrected chi connectivity index (χ4v) is 1.78. The maximum atomic E-state index is 12.1. The van der Waals surface area contributed by atoms with Crippen LogP contribution >= 0.6 is 0 Å². The third-order valence-corrected chi connectivity index (χ3v) is 2.74. The van der Waals surface area contributed by atoms with Crippen molar-refractivity contribution in [2.24, 2.45) is 0 Å². The molecule has 18 heavy (non-hydrogen) atoms. The number of anilines is 1. The third kappa shape index (κ3) is 2.91. The van der Waals surface area contributed by atoms with E-state index in [9.17, 15) is 4.79 Å². The molecule has 1 aromatic rings. The maximum Gasteiger partial charge on any atom is 0.269 e. The first-order valence-electron chi connectivity index (χ1n) is 5.78. The first-order chi connectivity index (χ1) is 8.70. The van der Waals surface area contributed by atoms with Crippen molar-refractivity contribution in [3.05, 3.63) is 23.8 Å². The van der Waals surface area contributed by atoms with E-state index in [0.717, 1.165) is 0 Å². The molecule has 0 saturated carbocycles. The zero-order valence-corrected chi connectivity index (χ0v) is 10.3. The second kappa shape index (κ2) is 5.70. The first-order valence-corrected chi connectivity index (χ1v) is 5.78. The second-order valence-electron chi connectivity index (χ2n) is 4.00. The van der Waals surface area contributed by atoms with Gasteiger partial charge in [-0.05, 0) is 18.2 Å². The van der Waals surface area contributed by atoms with Crippen LogP contribution in [0.1, 0.15) is 10.4 Å². The molecule has 0 aliphatic carbocycles. The standard InChI is InChI=1S/C12H17N3O3/c1-17-11-3-2-9(13)8-10(11)12(16)14-15-4-6-18-7-5-15/h2-3,8H,4-7,13H2,1H3,(H,14,16). The number of carbonyl (C=O) groups is 1. The number of hydrogen-bond donors (Lipinski definition) is 2. The summed E-state index contributed by atoms with van der Waals surface area (Å²) < 4.78 is 10.4. The van der Waals surface area contributed by atoms with Gasteiger partial charge in [-0.25, -0.2) is 5.01 Å². The fourth-order valence-electron chi connectivity index (χ4n) is 1.78. The van der Waals surface area contributed by atoms with Crippen molar-refractivity contribution >= 4 is 11.6 Å². The summed E-state index contributed by atoms with van der Waals surface area (Å²) in [6.07, 6.45) is 0. The average Bonchev–Trinajstić information content (AvgIpc) is 2.40. The molecule has 1 saturated heterocycles. The number of nitrogen functional groups attached to an aromatic ring is 1. The monoisotopic (exact) mass is 251 g/mol. The lowest BCUT2D eigenvalue weighted by Crippen LogP contribution is -2.48. The van der Waals surface area contributed by atoms with Gasteiger partial charge in [-0.2, -0.15) is 0 Å². The van der Waals surface area contributed by atoms with Gasteiger partial charge in [-0.1, -0.05) is 0 Å². The summed E-state index contributed by atoms with van der Waals surface area (Å²) in [5, 5.41) is 1.83. The van der Waals surface area contributed by atoms with Crippen LogP contribution in [-0.4, -0.2) is 44.3 Å². The van der Waals surface area contributed by atoms with Gasteiger partial charge in [0.1, 0.15) is 5.75 Å². The lowest BCUT2D eigenvalue weighted by molar-refractivity contribution is 0.0125. The van der Waals surface area contributed by atoms with Crippen molar-refractivity contribution in [1.82, 2.24) is 10.4 Å². The number of nitrogens with one attached hydrogen (secondary N) is 1. The van der Waals surface area contributed by atoms with Crippen LogP contribution in [0.5, 0.6) is 5.75 Å². The molecule has 0 unspecified atom stereocenters. The zero-order valence-electron chi connectivity index (χ0n) is 10.3. The van der Waals surface area contributed by atoms with E-state index in [2.05, 4.69) is 5.43 Å². The molecule has 3 N–H and O–H groups in total. The largest absolute Gasteiger partial charge is 0.496 e. The fraction of sp³-hybridized carbons (Fsp3) is 0.417. The van der Waals surface area contributed by atoms with Gasteiger partial charge in [-0.15, -0.1) is 0 Å². The molecule has 0 atom stereocenters. The molecule has 0 bridgehead atoms. The lowest BCUT2D eigenvalue weighted by Gasteiger charge is -2.27.